The quantitative estimate of drug-likeness (QED) is 0.675. The first-order chi connectivity index (χ1) is 11.1. The van der Waals surface area contributed by atoms with E-state index in [1.165, 1.54) is 6.07 Å². The zero-order valence-corrected chi connectivity index (χ0v) is 16.3. The molecule has 1 aromatic rings. The van der Waals surface area contributed by atoms with Crippen molar-refractivity contribution < 1.29 is 13.7 Å². The number of rotatable bonds is 4. The molecule has 4 nitrogen and oxygen atoms in total. The molecule has 0 aromatic heterocycles. The van der Waals surface area contributed by atoms with E-state index in [0.29, 0.717) is 0 Å². The van der Waals surface area contributed by atoms with Gasteiger partial charge in [0, 0.05) is 11.6 Å². The Morgan fingerprint density at radius 1 is 1.38 bits per heavy atom. The maximum atomic E-state index is 14.7. The Labute approximate surface area is 154 Å². The van der Waals surface area contributed by atoms with E-state index in [-0.39, 0.29) is 27.3 Å². The van der Waals surface area contributed by atoms with Crippen molar-refractivity contribution in [3.63, 3.8) is 0 Å². The van der Waals surface area contributed by atoms with Crippen molar-refractivity contribution in [3.05, 3.63) is 27.5 Å². The van der Waals surface area contributed by atoms with Crippen LogP contribution in [0, 0.1) is 11.7 Å². The van der Waals surface area contributed by atoms with Crippen LogP contribution in [0.3, 0.4) is 0 Å². The van der Waals surface area contributed by atoms with Crippen molar-refractivity contribution in [1.29, 1.82) is 0 Å². The summed E-state index contributed by atoms with van der Waals surface area (Å²) >= 11 is 11.8. The molecule has 1 aliphatic heterocycles. The lowest BCUT2D eigenvalue weighted by atomic mass is 9.86. The largest absolute Gasteiger partial charge is 0.507 e. The monoisotopic (exact) mass is 396 g/mol. The van der Waals surface area contributed by atoms with Crippen LogP contribution in [0.1, 0.15) is 45.2 Å². The smallest absolute Gasteiger partial charge is 0.151 e. The van der Waals surface area contributed by atoms with E-state index in [2.05, 4.69) is 10.0 Å². The summed E-state index contributed by atoms with van der Waals surface area (Å²) in [4.78, 5) is 0. The molecule has 136 valence electrons. The van der Waals surface area contributed by atoms with Gasteiger partial charge in [-0.2, -0.15) is 0 Å². The molecule has 1 heterocycles. The fourth-order valence-electron chi connectivity index (χ4n) is 2.75. The summed E-state index contributed by atoms with van der Waals surface area (Å²) in [5.41, 5.74) is 0.0360. The highest BCUT2D eigenvalue weighted by Crippen LogP contribution is 2.41. The van der Waals surface area contributed by atoms with E-state index in [4.69, 9.17) is 23.2 Å². The van der Waals surface area contributed by atoms with Gasteiger partial charge in [0.2, 0.25) is 0 Å². The predicted molar refractivity (Wildman–Crippen MR) is 97.5 cm³/mol. The first kappa shape index (κ1) is 19.9. The van der Waals surface area contributed by atoms with Crippen LogP contribution in [0.2, 0.25) is 10.0 Å². The van der Waals surface area contributed by atoms with Gasteiger partial charge in [0.1, 0.15) is 5.75 Å². The van der Waals surface area contributed by atoms with E-state index < -0.39 is 27.6 Å². The predicted octanol–water partition coefficient (Wildman–Crippen LogP) is 3.93. The third-order valence-corrected chi connectivity index (χ3v) is 6.48. The van der Waals surface area contributed by atoms with Crippen LogP contribution in [0.5, 0.6) is 5.75 Å². The summed E-state index contributed by atoms with van der Waals surface area (Å²) < 4.78 is 29.8. The molecular formula is C16H23Cl2FN2O2S. The highest BCUT2D eigenvalue weighted by Gasteiger charge is 2.34. The van der Waals surface area contributed by atoms with E-state index >= 15 is 0 Å². The summed E-state index contributed by atoms with van der Waals surface area (Å²) in [6.07, 6.45) is 1.55. The lowest BCUT2D eigenvalue weighted by Crippen LogP contribution is -2.41. The summed E-state index contributed by atoms with van der Waals surface area (Å²) in [5.74, 6) is -1.01. The second-order valence-corrected chi connectivity index (χ2v) is 9.77. The van der Waals surface area contributed by atoms with E-state index in [9.17, 15) is 13.7 Å². The number of hydrogen-bond acceptors (Lipinski definition) is 3. The van der Waals surface area contributed by atoms with Gasteiger partial charge >= 0.3 is 0 Å². The molecule has 1 saturated heterocycles. The number of phenolic OH excluding ortho intramolecular Hbond substituents is 1. The normalized spacial score (nSPS) is 19.2. The molecule has 0 amide bonds. The van der Waals surface area contributed by atoms with E-state index in [1.54, 1.807) is 0 Å². The third-order valence-electron chi connectivity index (χ3n) is 4.13. The number of piperidine rings is 1. The number of phenols is 1. The maximum absolute atomic E-state index is 14.7. The van der Waals surface area contributed by atoms with Crippen molar-refractivity contribution in [1.82, 2.24) is 10.0 Å². The SMILES string of the molecule is CC(C)(C)[S@@](=O)N[C@H](c1c(O)cc(Cl)c(Cl)c1F)C1CCNCC1. The summed E-state index contributed by atoms with van der Waals surface area (Å²) in [6.45, 7) is 7.07. The van der Waals surface area contributed by atoms with Crippen molar-refractivity contribution in [2.45, 2.75) is 44.4 Å². The van der Waals surface area contributed by atoms with Crippen molar-refractivity contribution in [2.24, 2.45) is 5.92 Å². The summed E-state index contributed by atoms with van der Waals surface area (Å²) in [5, 5.41) is 13.2. The Balaban J connectivity index is 2.46. The van der Waals surface area contributed by atoms with Gasteiger partial charge in [0.15, 0.2) is 5.82 Å². The number of halogens is 3. The van der Waals surface area contributed by atoms with Gasteiger partial charge < -0.3 is 10.4 Å². The highest BCUT2D eigenvalue weighted by molar-refractivity contribution is 7.84. The van der Waals surface area contributed by atoms with Gasteiger partial charge in [-0.25, -0.2) is 13.3 Å². The second-order valence-electron chi connectivity index (χ2n) is 6.98. The van der Waals surface area contributed by atoms with E-state index in [0.717, 1.165) is 25.9 Å². The number of aromatic hydroxyl groups is 1. The fourth-order valence-corrected chi connectivity index (χ4v) is 3.99. The zero-order chi connectivity index (χ0) is 18.1. The Morgan fingerprint density at radius 3 is 2.50 bits per heavy atom. The van der Waals surface area contributed by atoms with Gasteiger partial charge in [0.05, 0.1) is 31.8 Å². The average Bonchev–Trinajstić information content (AvgIpc) is 2.51. The highest BCUT2D eigenvalue weighted by atomic mass is 35.5. The standard InChI is InChI=1S/C16H23Cl2FN2O2S/c1-16(2,3)24(23)21-15(9-4-6-20-7-5-9)12-11(22)8-10(17)13(18)14(12)19/h8-9,15,20-22H,4-7H2,1-3H3/t15-,24+/m0/s1. The van der Waals surface area contributed by atoms with Gasteiger partial charge in [0.25, 0.3) is 0 Å². The molecular weight excluding hydrogens is 374 g/mol. The lowest BCUT2D eigenvalue weighted by molar-refractivity contribution is 0.296. The topological polar surface area (TPSA) is 61.4 Å². The van der Waals surface area contributed by atoms with Crippen LogP contribution < -0.4 is 10.0 Å². The number of hydrogen-bond donors (Lipinski definition) is 3. The molecule has 1 aromatic carbocycles. The van der Waals surface area contributed by atoms with Crippen molar-refractivity contribution in [3.8, 4) is 5.75 Å². The minimum absolute atomic E-state index is 0.0233. The number of nitrogens with one attached hydrogen (secondary N) is 2. The third kappa shape index (κ3) is 4.41. The summed E-state index contributed by atoms with van der Waals surface area (Å²) in [6, 6.07) is 0.625. The second kappa shape index (κ2) is 7.87. The molecule has 2 atom stereocenters. The van der Waals surface area contributed by atoms with Crippen LogP contribution in [0.25, 0.3) is 0 Å². The minimum atomic E-state index is -1.42. The summed E-state index contributed by atoms with van der Waals surface area (Å²) in [7, 11) is -1.42. The Bertz CT molecular complexity index is 631. The molecule has 0 saturated carbocycles. The van der Waals surface area contributed by atoms with E-state index in [1.807, 2.05) is 20.8 Å². The maximum Gasteiger partial charge on any atom is 0.151 e. The molecule has 0 radical (unpaired) electrons. The molecule has 3 N–H and O–H groups in total. The molecule has 0 bridgehead atoms. The van der Waals surface area contributed by atoms with Gasteiger partial charge in [-0.05, 0) is 52.6 Å². The lowest BCUT2D eigenvalue weighted by Gasteiger charge is -2.34. The molecule has 24 heavy (non-hydrogen) atoms. The van der Waals surface area contributed by atoms with Crippen LogP contribution in [0.15, 0.2) is 6.07 Å². The zero-order valence-electron chi connectivity index (χ0n) is 14.0. The average molecular weight is 397 g/mol. The molecule has 0 aliphatic carbocycles. The van der Waals surface area contributed by atoms with Gasteiger partial charge in [-0.15, -0.1) is 0 Å². The molecule has 0 unspecified atom stereocenters. The van der Waals surface area contributed by atoms with Gasteiger partial charge in [-0.1, -0.05) is 23.2 Å². The fraction of sp³-hybridized carbons (Fsp3) is 0.625. The minimum Gasteiger partial charge on any atom is -0.507 e. The number of benzene rings is 1. The van der Waals surface area contributed by atoms with Crippen LogP contribution in [0.4, 0.5) is 4.39 Å². The first-order valence-electron chi connectivity index (χ1n) is 7.88. The molecule has 2 rings (SSSR count). The van der Waals surface area contributed by atoms with Crippen LogP contribution in [-0.4, -0.2) is 27.2 Å². The molecule has 8 heteroatoms. The van der Waals surface area contributed by atoms with Crippen LogP contribution in [-0.2, 0) is 11.0 Å². The molecule has 1 fully saturated rings. The Kier molecular flexibility index (Phi) is 6.53. The Morgan fingerprint density at radius 2 is 1.96 bits per heavy atom. The van der Waals surface area contributed by atoms with Crippen LogP contribution >= 0.6 is 23.2 Å². The molecule has 1 aliphatic rings. The van der Waals surface area contributed by atoms with Crippen molar-refractivity contribution in [2.75, 3.05) is 13.1 Å². The first-order valence-corrected chi connectivity index (χ1v) is 9.78. The molecule has 0 spiro atoms. The van der Waals surface area contributed by atoms with Crippen molar-refractivity contribution >= 4 is 34.2 Å². The Hall–Kier alpha value is -0.400. The van der Waals surface area contributed by atoms with Gasteiger partial charge in [-0.3, -0.25) is 0 Å².